The first kappa shape index (κ1) is 12.3. The first-order valence-corrected chi connectivity index (χ1v) is 5.76. The van der Waals surface area contributed by atoms with E-state index >= 15 is 0 Å². The van der Waals surface area contributed by atoms with Crippen molar-refractivity contribution < 1.29 is 4.79 Å². The predicted molar refractivity (Wildman–Crippen MR) is 68.2 cm³/mol. The number of hydrogen-bond donors (Lipinski definition) is 3. The lowest BCUT2D eigenvalue weighted by Crippen LogP contribution is -2.32. The second-order valence-corrected chi connectivity index (χ2v) is 4.40. The van der Waals surface area contributed by atoms with Crippen molar-refractivity contribution in [2.45, 2.75) is 18.9 Å². The smallest absolute Gasteiger partial charge is 0.231 e. The van der Waals surface area contributed by atoms with Crippen LogP contribution in [0.1, 0.15) is 12.8 Å². The quantitative estimate of drug-likeness (QED) is 0.643. The number of rotatable bonds is 4. The molecule has 0 bridgehead atoms. The number of carbonyl (C=O) groups is 1. The lowest BCUT2D eigenvalue weighted by Gasteiger charge is -2.14. The van der Waals surface area contributed by atoms with Crippen LogP contribution in [-0.4, -0.2) is 47.5 Å². The van der Waals surface area contributed by atoms with Crippen LogP contribution in [0.5, 0.6) is 0 Å². The summed E-state index contributed by atoms with van der Waals surface area (Å²) in [6.45, 7) is 0.585. The van der Waals surface area contributed by atoms with E-state index in [-0.39, 0.29) is 17.9 Å². The Hall–Kier alpha value is -2.12. The van der Waals surface area contributed by atoms with Crippen LogP contribution in [0.25, 0.3) is 0 Å². The highest BCUT2D eigenvalue weighted by Crippen LogP contribution is 2.11. The number of amides is 1. The highest BCUT2D eigenvalue weighted by molar-refractivity contribution is 5.78. The molecule has 0 saturated carbocycles. The third kappa shape index (κ3) is 2.96. The zero-order chi connectivity index (χ0) is 13.1. The van der Waals surface area contributed by atoms with E-state index in [1.54, 1.807) is 4.90 Å². The van der Waals surface area contributed by atoms with Crippen molar-refractivity contribution in [3.63, 3.8) is 0 Å². The number of aromatic nitrogens is 3. The minimum Gasteiger partial charge on any atom is -0.368 e. The van der Waals surface area contributed by atoms with Crippen LogP contribution >= 0.6 is 0 Å². The summed E-state index contributed by atoms with van der Waals surface area (Å²) in [6.07, 6.45) is 1.40. The molecule has 2 rings (SSSR count). The molecule has 8 heteroatoms. The normalized spacial score (nSPS) is 18.6. The standard InChI is InChI=1S/C10H17N7O/c1-17(2)10-15-8(11)14-9(16-10)12-5-6-3-4-7(18)13-6/h6H,3-5H2,1-2H3,(H,13,18)(H3,11,12,14,15,16). The van der Waals surface area contributed by atoms with Crippen LogP contribution in [0.4, 0.5) is 17.8 Å². The lowest BCUT2D eigenvalue weighted by atomic mass is 10.2. The minimum absolute atomic E-state index is 0.0888. The molecule has 1 atom stereocenters. The van der Waals surface area contributed by atoms with Crippen molar-refractivity contribution in [1.82, 2.24) is 20.3 Å². The summed E-state index contributed by atoms with van der Waals surface area (Å²) < 4.78 is 0. The van der Waals surface area contributed by atoms with Gasteiger partial charge in [0.15, 0.2) is 0 Å². The van der Waals surface area contributed by atoms with Gasteiger partial charge in [0.25, 0.3) is 0 Å². The summed E-state index contributed by atoms with van der Waals surface area (Å²) in [5, 5.41) is 5.92. The predicted octanol–water partition coefficient (Wildman–Crippen LogP) is -0.790. The fourth-order valence-corrected chi connectivity index (χ4v) is 1.70. The molecule has 1 saturated heterocycles. The van der Waals surface area contributed by atoms with E-state index < -0.39 is 0 Å². The summed E-state index contributed by atoms with van der Waals surface area (Å²) in [7, 11) is 3.66. The second kappa shape index (κ2) is 5.03. The van der Waals surface area contributed by atoms with Gasteiger partial charge in [0.1, 0.15) is 0 Å². The monoisotopic (exact) mass is 251 g/mol. The number of nitrogens with one attached hydrogen (secondary N) is 2. The molecule has 8 nitrogen and oxygen atoms in total. The van der Waals surface area contributed by atoms with Crippen LogP contribution in [0.3, 0.4) is 0 Å². The third-order valence-corrected chi connectivity index (χ3v) is 2.63. The van der Waals surface area contributed by atoms with Crippen LogP contribution < -0.4 is 21.3 Å². The van der Waals surface area contributed by atoms with Gasteiger partial charge < -0.3 is 21.3 Å². The zero-order valence-corrected chi connectivity index (χ0v) is 10.5. The van der Waals surface area contributed by atoms with E-state index in [0.29, 0.717) is 24.9 Å². The van der Waals surface area contributed by atoms with Gasteiger partial charge in [-0.2, -0.15) is 15.0 Å². The molecular weight excluding hydrogens is 234 g/mol. The van der Waals surface area contributed by atoms with Crippen molar-refractivity contribution in [2.75, 3.05) is 36.6 Å². The number of nitrogen functional groups attached to an aromatic ring is 1. The molecule has 1 aliphatic heterocycles. The van der Waals surface area contributed by atoms with Crippen LogP contribution in [-0.2, 0) is 4.79 Å². The molecule has 1 unspecified atom stereocenters. The van der Waals surface area contributed by atoms with Crippen molar-refractivity contribution in [1.29, 1.82) is 0 Å². The molecule has 1 aliphatic rings. The molecule has 0 spiro atoms. The molecule has 0 radical (unpaired) electrons. The lowest BCUT2D eigenvalue weighted by molar-refractivity contribution is -0.119. The third-order valence-electron chi connectivity index (χ3n) is 2.63. The second-order valence-electron chi connectivity index (χ2n) is 4.40. The van der Waals surface area contributed by atoms with E-state index in [4.69, 9.17) is 5.73 Å². The number of carbonyl (C=O) groups excluding carboxylic acids is 1. The first-order valence-electron chi connectivity index (χ1n) is 5.76. The van der Waals surface area contributed by atoms with Gasteiger partial charge in [-0.25, -0.2) is 0 Å². The van der Waals surface area contributed by atoms with E-state index in [9.17, 15) is 4.79 Å². The van der Waals surface area contributed by atoms with Crippen LogP contribution in [0.15, 0.2) is 0 Å². The highest BCUT2D eigenvalue weighted by Gasteiger charge is 2.20. The Morgan fingerprint density at radius 3 is 2.83 bits per heavy atom. The molecule has 1 aromatic heterocycles. The van der Waals surface area contributed by atoms with Gasteiger partial charge in [0, 0.05) is 33.1 Å². The maximum atomic E-state index is 11.1. The van der Waals surface area contributed by atoms with Gasteiger partial charge in [-0.3, -0.25) is 4.79 Å². The Morgan fingerprint density at radius 1 is 1.44 bits per heavy atom. The van der Waals surface area contributed by atoms with Crippen LogP contribution in [0.2, 0.25) is 0 Å². The Bertz CT molecular complexity index is 448. The summed E-state index contributed by atoms with van der Waals surface area (Å²) in [5.74, 6) is 1.19. The zero-order valence-electron chi connectivity index (χ0n) is 10.5. The molecule has 1 fully saturated rings. The Labute approximate surface area is 105 Å². The van der Waals surface area contributed by atoms with Gasteiger partial charge in [0.2, 0.25) is 23.8 Å². The van der Waals surface area contributed by atoms with Gasteiger partial charge in [-0.05, 0) is 6.42 Å². The van der Waals surface area contributed by atoms with Crippen LogP contribution in [0, 0.1) is 0 Å². The molecule has 0 aliphatic carbocycles. The van der Waals surface area contributed by atoms with E-state index in [1.165, 1.54) is 0 Å². The number of hydrogen-bond acceptors (Lipinski definition) is 7. The fraction of sp³-hybridized carbons (Fsp3) is 0.600. The molecule has 1 aromatic rings. The van der Waals surface area contributed by atoms with Gasteiger partial charge >= 0.3 is 0 Å². The fourth-order valence-electron chi connectivity index (χ4n) is 1.70. The molecule has 0 aromatic carbocycles. The summed E-state index contributed by atoms with van der Waals surface area (Å²) in [5.41, 5.74) is 5.60. The highest BCUT2D eigenvalue weighted by atomic mass is 16.1. The molecular formula is C10H17N7O. The Kier molecular flexibility index (Phi) is 3.45. The van der Waals surface area contributed by atoms with Crippen molar-refractivity contribution >= 4 is 23.8 Å². The minimum atomic E-state index is 0.0888. The Morgan fingerprint density at radius 2 is 2.22 bits per heavy atom. The van der Waals surface area contributed by atoms with Crippen molar-refractivity contribution in [3.05, 3.63) is 0 Å². The molecule has 2 heterocycles. The van der Waals surface area contributed by atoms with Gasteiger partial charge in [-0.1, -0.05) is 0 Å². The average molecular weight is 251 g/mol. The first-order chi connectivity index (χ1) is 8.54. The van der Waals surface area contributed by atoms with E-state index in [1.807, 2.05) is 14.1 Å². The summed E-state index contributed by atoms with van der Waals surface area (Å²) in [4.78, 5) is 25.0. The maximum absolute atomic E-state index is 11.1. The summed E-state index contributed by atoms with van der Waals surface area (Å²) >= 11 is 0. The number of nitrogens with two attached hydrogens (primary N) is 1. The number of anilines is 3. The maximum Gasteiger partial charge on any atom is 0.231 e. The molecule has 1 amide bonds. The topological polar surface area (TPSA) is 109 Å². The molecule has 98 valence electrons. The van der Waals surface area contributed by atoms with E-state index in [2.05, 4.69) is 25.6 Å². The summed E-state index contributed by atoms with van der Waals surface area (Å²) in [6, 6.07) is 0.123. The SMILES string of the molecule is CN(C)c1nc(N)nc(NCC2CCC(=O)N2)n1. The van der Waals surface area contributed by atoms with E-state index in [0.717, 1.165) is 6.42 Å². The average Bonchev–Trinajstić information content (AvgIpc) is 2.72. The number of nitrogens with zero attached hydrogens (tertiary/aromatic N) is 4. The molecule has 18 heavy (non-hydrogen) atoms. The van der Waals surface area contributed by atoms with Gasteiger partial charge in [-0.15, -0.1) is 0 Å². The van der Waals surface area contributed by atoms with Crippen molar-refractivity contribution in [3.8, 4) is 0 Å². The van der Waals surface area contributed by atoms with Crippen molar-refractivity contribution in [2.24, 2.45) is 0 Å². The largest absolute Gasteiger partial charge is 0.368 e. The molecule has 4 N–H and O–H groups in total. The van der Waals surface area contributed by atoms with Gasteiger partial charge in [0.05, 0.1) is 0 Å². The Balaban J connectivity index is 1.98.